The van der Waals surface area contributed by atoms with Crippen molar-refractivity contribution < 1.29 is 33.9 Å². The Morgan fingerprint density at radius 3 is 2.31 bits per heavy atom. The number of nitrogens with one attached hydrogen (secondary N) is 1. The number of carboxylic acid groups (broad SMARTS) is 1. The highest BCUT2D eigenvalue weighted by atomic mass is 16.7. The Labute approximate surface area is 243 Å². The number of hydrazine groups is 1. The van der Waals surface area contributed by atoms with E-state index < -0.39 is 12.0 Å². The van der Waals surface area contributed by atoms with Gasteiger partial charge in [0.2, 0.25) is 19.2 Å². The van der Waals surface area contributed by atoms with Crippen LogP contribution in [-0.2, 0) is 42.0 Å². The van der Waals surface area contributed by atoms with Crippen molar-refractivity contribution in [3.05, 3.63) is 95.3 Å². The lowest BCUT2D eigenvalue weighted by molar-refractivity contribution is -0.202. The molecule has 2 aromatic carbocycles. The second-order valence-electron chi connectivity index (χ2n) is 9.91. The highest BCUT2D eigenvalue weighted by molar-refractivity contribution is 5.94. The van der Waals surface area contributed by atoms with Crippen LogP contribution in [-0.4, -0.2) is 87.7 Å². The van der Waals surface area contributed by atoms with E-state index in [9.17, 15) is 29.1 Å². The predicted octanol–water partition coefficient (Wildman–Crippen LogP) is 1.47. The van der Waals surface area contributed by atoms with Crippen molar-refractivity contribution in [1.29, 1.82) is 0 Å². The van der Waals surface area contributed by atoms with E-state index in [1.54, 1.807) is 30.3 Å². The second kappa shape index (κ2) is 14.7. The number of carbonyl (C=O) groups is 5. The van der Waals surface area contributed by atoms with Crippen molar-refractivity contribution in [1.82, 2.24) is 25.3 Å². The van der Waals surface area contributed by atoms with E-state index in [-0.39, 0.29) is 31.4 Å². The van der Waals surface area contributed by atoms with E-state index in [1.165, 1.54) is 16.0 Å². The lowest BCUT2D eigenvalue weighted by Gasteiger charge is -2.32. The number of benzene rings is 2. The largest absolute Gasteiger partial charge is 0.480 e. The molecule has 1 aliphatic carbocycles. The molecule has 2 N–H and O–H groups in total. The number of amides is 3. The number of nitrogens with zero attached hydrogens (tertiary/aromatic N) is 4. The third-order valence-corrected chi connectivity index (χ3v) is 7.14. The van der Waals surface area contributed by atoms with Gasteiger partial charge in [-0.05, 0) is 23.6 Å². The first kappa shape index (κ1) is 30.2. The standard InChI is InChI=1S/C30H33N5O7/c36-20-33(18-29(30(40)41)35(22-38)42-19-24-9-5-2-6-10-24)25-11-12-32(17-25)26-13-27(15-28(39)14-26)34(21-37)31-16-23-7-3-1-4-8-23/h1-10,13,15,20-22,25,29,31H,11-12,14,16-19H2,(H,40,41). The number of allylic oxidation sites excluding steroid dienone is 3. The van der Waals surface area contributed by atoms with E-state index in [1.807, 2.05) is 41.3 Å². The van der Waals surface area contributed by atoms with E-state index >= 15 is 0 Å². The van der Waals surface area contributed by atoms with Gasteiger partial charge < -0.3 is 14.9 Å². The zero-order valence-electron chi connectivity index (χ0n) is 23.0. The maximum atomic E-state index is 12.6. The molecule has 2 unspecified atom stereocenters. The summed E-state index contributed by atoms with van der Waals surface area (Å²) in [5, 5.41) is 11.8. The van der Waals surface area contributed by atoms with Gasteiger partial charge >= 0.3 is 5.97 Å². The number of likely N-dealkylation sites (tertiary alicyclic amines) is 1. The fourth-order valence-corrected chi connectivity index (χ4v) is 4.90. The predicted molar refractivity (Wildman–Crippen MR) is 150 cm³/mol. The molecule has 2 aliphatic rings. The molecule has 1 aliphatic heterocycles. The first-order valence-electron chi connectivity index (χ1n) is 13.5. The maximum Gasteiger partial charge on any atom is 0.330 e. The van der Waals surface area contributed by atoms with Crippen molar-refractivity contribution in [2.24, 2.45) is 0 Å². The minimum atomic E-state index is -1.42. The fraction of sp³-hybridized carbons (Fsp3) is 0.300. The molecule has 0 saturated carbocycles. The van der Waals surface area contributed by atoms with E-state index in [4.69, 9.17) is 4.84 Å². The van der Waals surface area contributed by atoms with Gasteiger partial charge in [-0.25, -0.2) is 20.3 Å². The Morgan fingerprint density at radius 2 is 1.69 bits per heavy atom. The third-order valence-electron chi connectivity index (χ3n) is 7.14. The number of aliphatic carboxylic acids is 1. The first-order valence-corrected chi connectivity index (χ1v) is 13.5. The molecule has 0 radical (unpaired) electrons. The van der Waals surface area contributed by atoms with Crippen LogP contribution >= 0.6 is 0 Å². The summed E-state index contributed by atoms with van der Waals surface area (Å²) in [4.78, 5) is 69.1. The van der Waals surface area contributed by atoms with Gasteiger partial charge in [0.05, 0.1) is 24.7 Å². The van der Waals surface area contributed by atoms with Crippen LogP contribution in [0.2, 0.25) is 0 Å². The number of carboxylic acids is 1. The van der Waals surface area contributed by atoms with Crippen LogP contribution < -0.4 is 5.43 Å². The Bertz CT molecular complexity index is 1320. The molecule has 12 nitrogen and oxygen atoms in total. The van der Waals surface area contributed by atoms with Crippen molar-refractivity contribution in [3.8, 4) is 0 Å². The molecule has 1 saturated heterocycles. The molecule has 12 heteroatoms. The van der Waals surface area contributed by atoms with Crippen LogP contribution in [0.5, 0.6) is 0 Å². The number of hydrogen-bond donors (Lipinski definition) is 2. The fourth-order valence-electron chi connectivity index (χ4n) is 4.90. The highest BCUT2D eigenvalue weighted by Crippen LogP contribution is 2.26. The Morgan fingerprint density at radius 1 is 1.00 bits per heavy atom. The van der Waals surface area contributed by atoms with Gasteiger partial charge in [-0.3, -0.25) is 24.0 Å². The smallest absolute Gasteiger partial charge is 0.330 e. The van der Waals surface area contributed by atoms with E-state index in [0.29, 0.717) is 61.7 Å². The topological polar surface area (TPSA) is 140 Å². The Hall–Kier alpha value is -4.81. The van der Waals surface area contributed by atoms with Gasteiger partial charge in [0, 0.05) is 31.4 Å². The number of carbonyl (C=O) groups excluding carboxylic acids is 4. The van der Waals surface area contributed by atoms with Crippen LogP contribution in [0.25, 0.3) is 0 Å². The van der Waals surface area contributed by atoms with E-state index in [2.05, 4.69) is 5.43 Å². The van der Waals surface area contributed by atoms with Gasteiger partial charge in [0.15, 0.2) is 11.8 Å². The van der Waals surface area contributed by atoms with Crippen LogP contribution in [0.15, 0.2) is 84.2 Å². The van der Waals surface area contributed by atoms with Gasteiger partial charge in [0.25, 0.3) is 0 Å². The average molecular weight is 576 g/mol. The summed E-state index contributed by atoms with van der Waals surface area (Å²) in [5.74, 6) is -1.49. The normalized spacial score (nSPS) is 17.1. The molecule has 2 atom stereocenters. The lowest BCUT2D eigenvalue weighted by atomic mass is 10.1. The van der Waals surface area contributed by atoms with Crippen LogP contribution in [0.3, 0.4) is 0 Å². The lowest BCUT2D eigenvalue weighted by Crippen LogP contribution is -2.50. The summed E-state index contributed by atoms with van der Waals surface area (Å²) < 4.78 is 0. The molecule has 2 aromatic rings. The molecule has 1 heterocycles. The Kier molecular flexibility index (Phi) is 10.6. The summed E-state index contributed by atoms with van der Waals surface area (Å²) in [6.07, 6.45) is 5.28. The van der Waals surface area contributed by atoms with Gasteiger partial charge in [0.1, 0.15) is 6.61 Å². The molecule has 0 spiro atoms. The summed E-state index contributed by atoms with van der Waals surface area (Å²) in [5.41, 5.74) is 5.82. The van der Waals surface area contributed by atoms with Gasteiger partial charge in [-0.15, -0.1) is 0 Å². The van der Waals surface area contributed by atoms with Crippen molar-refractivity contribution >= 4 is 31.0 Å². The number of hydroxylamine groups is 2. The molecule has 0 aromatic heterocycles. The molecular weight excluding hydrogens is 542 g/mol. The monoisotopic (exact) mass is 575 g/mol. The van der Waals surface area contributed by atoms with E-state index in [0.717, 1.165) is 11.1 Å². The number of hydrogen-bond acceptors (Lipinski definition) is 8. The average Bonchev–Trinajstić information content (AvgIpc) is 3.50. The minimum absolute atomic E-state index is 0.0162. The van der Waals surface area contributed by atoms with Crippen molar-refractivity contribution in [3.63, 3.8) is 0 Å². The Balaban J connectivity index is 1.39. The third kappa shape index (κ3) is 7.89. The molecule has 3 amide bonds. The van der Waals surface area contributed by atoms with Crippen molar-refractivity contribution in [2.45, 2.75) is 38.1 Å². The molecule has 220 valence electrons. The molecule has 1 fully saturated rings. The number of ketones is 1. The summed E-state index contributed by atoms with van der Waals surface area (Å²) in [7, 11) is 0. The first-order chi connectivity index (χ1) is 20.4. The van der Waals surface area contributed by atoms with Gasteiger partial charge in [-0.2, -0.15) is 0 Å². The van der Waals surface area contributed by atoms with Crippen molar-refractivity contribution in [2.75, 3.05) is 19.6 Å². The second-order valence-corrected chi connectivity index (χ2v) is 9.91. The summed E-state index contributed by atoms with van der Waals surface area (Å²) in [6, 6.07) is 16.7. The molecule has 0 bridgehead atoms. The summed E-state index contributed by atoms with van der Waals surface area (Å²) in [6.45, 7) is 0.946. The molecule has 4 rings (SSSR count). The quantitative estimate of drug-likeness (QED) is 0.225. The number of rotatable bonds is 16. The maximum absolute atomic E-state index is 12.6. The molecule has 42 heavy (non-hydrogen) atoms. The highest BCUT2D eigenvalue weighted by Gasteiger charge is 2.35. The zero-order valence-corrected chi connectivity index (χ0v) is 23.0. The SMILES string of the molecule is O=CN(NCc1ccccc1)C1=CC(=O)CC(N2CCC(N(C=O)CC(C(=O)O)N(C=O)OCc3ccccc3)C2)=C1. The van der Waals surface area contributed by atoms with Crippen LogP contribution in [0, 0.1) is 0 Å². The van der Waals surface area contributed by atoms with Crippen LogP contribution in [0.4, 0.5) is 0 Å². The van der Waals surface area contributed by atoms with Crippen LogP contribution in [0.1, 0.15) is 24.0 Å². The zero-order chi connectivity index (χ0) is 29.9. The minimum Gasteiger partial charge on any atom is -0.480 e. The van der Waals surface area contributed by atoms with Gasteiger partial charge in [-0.1, -0.05) is 60.7 Å². The molecular formula is C30H33N5O7. The summed E-state index contributed by atoms with van der Waals surface area (Å²) >= 11 is 0.